The summed E-state index contributed by atoms with van der Waals surface area (Å²) >= 11 is 2.57. The fourth-order valence-electron chi connectivity index (χ4n) is 3.34. The third kappa shape index (κ3) is 5.09. The number of hydrogen-bond donors (Lipinski definition) is 1. The van der Waals surface area contributed by atoms with E-state index in [4.69, 9.17) is 4.74 Å². The number of thiophene rings is 1. The van der Waals surface area contributed by atoms with Gasteiger partial charge in [0, 0.05) is 0 Å². The van der Waals surface area contributed by atoms with Gasteiger partial charge in [-0.2, -0.15) is 0 Å². The van der Waals surface area contributed by atoms with Crippen LogP contribution in [0.5, 0.6) is 5.75 Å². The summed E-state index contributed by atoms with van der Waals surface area (Å²) in [6.45, 7) is 2.14. The van der Waals surface area contributed by atoms with E-state index in [1.807, 2.05) is 24.4 Å². The normalized spacial score (nSPS) is 12.0. The highest BCUT2D eigenvalue weighted by molar-refractivity contribution is 8.00. The lowest BCUT2D eigenvalue weighted by molar-refractivity contribution is -0.115. The molecule has 2 aromatic heterocycles. The number of anilines is 1. The Bertz CT molecular complexity index is 1340. The molecule has 170 valence electrons. The number of fused-ring (bicyclic) bond motifs is 1. The van der Waals surface area contributed by atoms with Crippen molar-refractivity contribution < 1.29 is 13.9 Å². The van der Waals surface area contributed by atoms with Crippen molar-refractivity contribution in [2.45, 2.75) is 30.3 Å². The first-order valence-corrected chi connectivity index (χ1v) is 12.1. The molecule has 1 amide bonds. The molecule has 0 aliphatic heterocycles. The molecule has 0 unspecified atom stereocenters. The van der Waals surface area contributed by atoms with E-state index in [1.165, 1.54) is 35.2 Å². The number of benzene rings is 2. The molecule has 0 aliphatic carbocycles. The zero-order valence-electron chi connectivity index (χ0n) is 18.1. The van der Waals surface area contributed by atoms with Crippen molar-refractivity contribution in [1.82, 2.24) is 9.55 Å². The minimum absolute atomic E-state index is 0.179. The number of rotatable bonds is 8. The van der Waals surface area contributed by atoms with Crippen molar-refractivity contribution in [3.63, 3.8) is 0 Å². The number of methoxy groups -OCH3 is 1. The minimum atomic E-state index is -0.489. The van der Waals surface area contributed by atoms with E-state index in [-0.39, 0.29) is 23.8 Å². The van der Waals surface area contributed by atoms with Gasteiger partial charge in [-0.05, 0) is 47.7 Å². The van der Waals surface area contributed by atoms with Gasteiger partial charge in [0.05, 0.1) is 30.1 Å². The summed E-state index contributed by atoms with van der Waals surface area (Å²) in [5.41, 5.74) is 1.77. The Morgan fingerprint density at radius 1 is 1.21 bits per heavy atom. The summed E-state index contributed by atoms with van der Waals surface area (Å²) < 4.78 is 20.8. The van der Waals surface area contributed by atoms with E-state index < -0.39 is 5.25 Å². The molecule has 0 saturated heterocycles. The number of amides is 1. The fourth-order valence-corrected chi connectivity index (χ4v) is 5.13. The summed E-state index contributed by atoms with van der Waals surface area (Å²) in [5, 5.41) is 4.69. The Labute approximate surface area is 198 Å². The molecule has 1 atom stereocenters. The van der Waals surface area contributed by atoms with Crippen molar-refractivity contribution >= 4 is 44.9 Å². The molecular weight excluding hydrogens is 461 g/mol. The number of ether oxygens (including phenoxy) is 1. The van der Waals surface area contributed by atoms with E-state index in [1.54, 1.807) is 42.0 Å². The van der Waals surface area contributed by atoms with Crippen molar-refractivity contribution in [3.05, 3.63) is 81.7 Å². The third-order valence-corrected chi connectivity index (χ3v) is 7.31. The van der Waals surface area contributed by atoms with Crippen LogP contribution in [0.25, 0.3) is 10.2 Å². The standard InChI is InChI=1S/C24H22FN3O3S2/c1-3-20(22(29)26-17-6-4-5-7-19(17)31-2)33-24-27-18-12-13-32-21(18)23(30)28(24)14-15-8-10-16(25)11-9-15/h4-13,20H,3,14H2,1-2H3,(H,26,29)/t20-/m1/s1. The van der Waals surface area contributed by atoms with Crippen LogP contribution < -0.4 is 15.6 Å². The van der Waals surface area contributed by atoms with Gasteiger partial charge >= 0.3 is 0 Å². The van der Waals surface area contributed by atoms with Crippen LogP contribution in [-0.4, -0.2) is 27.8 Å². The summed E-state index contributed by atoms with van der Waals surface area (Å²) in [5.74, 6) is 0.0170. The maximum Gasteiger partial charge on any atom is 0.272 e. The molecule has 6 nitrogen and oxygen atoms in total. The van der Waals surface area contributed by atoms with Gasteiger partial charge in [0.25, 0.3) is 5.56 Å². The molecule has 9 heteroatoms. The van der Waals surface area contributed by atoms with Crippen molar-refractivity contribution in [1.29, 1.82) is 0 Å². The number of nitrogens with one attached hydrogen (secondary N) is 1. The number of carbonyl (C=O) groups is 1. The first-order chi connectivity index (χ1) is 16.0. The van der Waals surface area contributed by atoms with Crippen molar-refractivity contribution in [2.24, 2.45) is 0 Å². The highest BCUT2D eigenvalue weighted by Gasteiger charge is 2.23. The molecule has 2 heterocycles. The molecule has 0 aliphatic rings. The molecule has 0 spiro atoms. The summed E-state index contributed by atoms with van der Waals surface area (Å²) in [7, 11) is 1.55. The second kappa shape index (κ2) is 10.2. The second-order valence-electron chi connectivity index (χ2n) is 7.25. The SMILES string of the molecule is CC[C@@H](Sc1nc2ccsc2c(=O)n1Cc1ccc(F)cc1)C(=O)Nc1ccccc1OC. The van der Waals surface area contributed by atoms with Gasteiger partial charge in [-0.1, -0.05) is 43.0 Å². The first kappa shape index (κ1) is 23.0. The number of hydrogen-bond acceptors (Lipinski definition) is 6. The number of thioether (sulfide) groups is 1. The van der Waals surface area contributed by atoms with Crippen LogP contribution >= 0.6 is 23.1 Å². The van der Waals surface area contributed by atoms with Crippen molar-refractivity contribution in [2.75, 3.05) is 12.4 Å². The smallest absolute Gasteiger partial charge is 0.272 e. The lowest BCUT2D eigenvalue weighted by Gasteiger charge is -2.18. The molecular formula is C24H22FN3O3S2. The van der Waals surface area contributed by atoms with E-state index in [0.717, 1.165) is 5.56 Å². The summed E-state index contributed by atoms with van der Waals surface area (Å²) in [4.78, 5) is 31.0. The lowest BCUT2D eigenvalue weighted by Crippen LogP contribution is -2.28. The molecule has 0 fully saturated rings. The Morgan fingerprint density at radius 3 is 2.70 bits per heavy atom. The molecule has 0 radical (unpaired) electrons. The van der Waals surface area contributed by atoms with Crippen LogP contribution in [0.3, 0.4) is 0 Å². The number of para-hydroxylation sites is 2. The predicted octanol–water partition coefficient (Wildman–Crippen LogP) is 5.16. The molecule has 1 N–H and O–H groups in total. The van der Waals surface area contributed by atoms with Gasteiger partial charge in [0.2, 0.25) is 5.91 Å². The lowest BCUT2D eigenvalue weighted by atomic mass is 10.2. The second-order valence-corrected chi connectivity index (χ2v) is 9.34. The number of aromatic nitrogens is 2. The summed E-state index contributed by atoms with van der Waals surface area (Å²) in [6, 6.07) is 15.0. The minimum Gasteiger partial charge on any atom is -0.495 e. The number of carbonyl (C=O) groups excluding carboxylic acids is 1. The number of nitrogens with zero attached hydrogens (tertiary/aromatic N) is 2. The quantitative estimate of drug-likeness (QED) is 0.277. The van der Waals surface area contributed by atoms with Crippen LogP contribution in [0.1, 0.15) is 18.9 Å². The van der Waals surface area contributed by atoms with Crippen LogP contribution in [0, 0.1) is 5.82 Å². The van der Waals surface area contributed by atoms with Gasteiger partial charge in [0.1, 0.15) is 16.3 Å². The Balaban J connectivity index is 1.66. The predicted molar refractivity (Wildman–Crippen MR) is 131 cm³/mol. The first-order valence-electron chi connectivity index (χ1n) is 10.3. The fraction of sp³-hybridized carbons (Fsp3) is 0.208. The van der Waals surface area contributed by atoms with E-state index >= 15 is 0 Å². The van der Waals surface area contributed by atoms with Gasteiger partial charge < -0.3 is 10.1 Å². The average molecular weight is 484 g/mol. The maximum atomic E-state index is 13.4. The molecule has 0 bridgehead atoms. The van der Waals surface area contributed by atoms with Gasteiger partial charge in [0.15, 0.2) is 5.16 Å². The van der Waals surface area contributed by atoms with Gasteiger partial charge in [-0.3, -0.25) is 14.2 Å². The Kier molecular flexibility index (Phi) is 7.10. The topological polar surface area (TPSA) is 73.2 Å². The molecule has 0 saturated carbocycles. The van der Waals surface area contributed by atoms with E-state index in [0.29, 0.717) is 33.2 Å². The zero-order valence-corrected chi connectivity index (χ0v) is 19.7. The maximum absolute atomic E-state index is 13.4. The average Bonchev–Trinajstić information content (AvgIpc) is 3.30. The van der Waals surface area contributed by atoms with E-state index in [2.05, 4.69) is 10.3 Å². The highest BCUT2D eigenvalue weighted by Crippen LogP contribution is 2.29. The van der Waals surface area contributed by atoms with Crippen LogP contribution in [0.15, 0.2) is 69.9 Å². The van der Waals surface area contributed by atoms with Gasteiger partial charge in [-0.15, -0.1) is 11.3 Å². The Hall–Kier alpha value is -3.17. The molecule has 2 aromatic carbocycles. The van der Waals surface area contributed by atoms with Gasteiger partial charge in [-0.25, -0.2) is 9.37 Å². The third-order valence-electron chi connectivity index (χ3n) is 5.06. The van der Waals surface area contributed by atoms with Crippen molar-refractivity contribution in [3.8, 4) is 5.75 Å². The Morgan fingerprint density at radius 2 is 1.97 bits per heavy atom. The molecule has 33 heavy (non-hydrogen) atoms. The summed E-state index contributed by atoms with van der Waals surface area (Å²) in [6.07, 6.45) is 0.528. The number of halogens is 1. The van der Waals surface area contributed by atoms with Crippen LogP contribution in [0.2, 0.25) is 0 Å². The highest BCUT2D eigenvalue weighted by atomic mass is 32.2. The monoisotopic (exact) mass is 483 g/mol. The van der Waals surface area contributed by atoms with Crippen LogP contribution in [0.4, 0.5) is 10.1 Å². The largest absolute Gasteiger partial charge is 0.495 e. The molecule has 4 aromatic rings. The van der Waals surface area contributed by atoms with E-state index in [9.17, 15) is 14.0 Å². The zero-order chi connectivity index (χ0) is 23.4. The van der Waals surface area contributed by atoms with Crippen LogP contribution in [-0.2, 0) is 11.3 Å². The molecule has 4 rings (SSSR count).